The van der Waals surface area contributed by atoms with Gasteiger partial charge in [0.25, 0.3) is 5.69 Å². The van der Waals surface area contributed by atoms with Crippen LogP contribution in [0.5, 0.6) is 5.75 Å². The van der Waals surface area contributed by atoms with E-state index >= 15 is 0 Å². The molecule has 0 amide bonds. The topological polar surface area (TPSA) is 77.5 Å². The number of hydrogen-bond acceptors (Lipinski definition) is 4. The van der Waals surface area contributed by atoms with Crippen molar-refractivity contribution in [2.45, 2.75) is 20.5 Å². The second-order valence-electron chi connectivity index (χ2n) is 4.50. The Hall–Kier alpha value is -2.34. The fraction of sp³-hybridized carbons (Fsp3) is 0.286. The second kappa shape index (κ2) is 5.34. The molecule has 0 unspecified atom stereocenters. The van der Waals surface area contributed by atoms with Crippen molar-refractivity contribution in [1.29, 1.82) is 0 Å². The first-order valence-electron chi connectivity index (χ1n) is 6.11. The van der Waals surface area contributed by atoms with E-state index in [-0.39, 0.29) is 12.3 Å². The largest absolute Gasteiger partial charge is 0.496 e. The summed E-state index contributed by atoms with van der Waals surface area (Å²) in [7, 11) is 1.47. The van der Waals surface area contributed by atoms with Gasteiger partial charge in [0.2, 0.25) is 0 Å². The minimum atomic E-state index is -0.435. The van der Waals surface area contributed by atoms with Crippen molar-refractivity contribution in [2.75, 3.05) is 7.11 Å². The average molecular weight is 276 g/mol. The van der Waals surface area contributed by atoms with Crippen LogP contribution in [0.15, 0.2) is 24.3 Å². The number of aliphatic hydroxyl groups excluding tert-OH is 1. The number of nitrogens with zero attached hydrogens (tertiary/aromatic N) is 2. The normalized spacial score (nSPS) is 10.6. The number of rotatable bonds is 4. The highest BCUT2D eigenvalue weighted by Crippen LogP contribution is 2.31. The zero-order valence-electron chi connectivity index (χ0n) is 11.6. The standard InChI is InChI=1S/C14H16N2O4/c1-9-6-11(8-17)10(2)15(9)13-5-4-12(20-3)7-14(13)16(18)19/h4-7,17H,8H2,1-3H3. The van der Waals surface area contributed by atoms with E-state index < -0.39 is 4.92 Å². The van der Waals surface area contributed by atoms with Crippen LogP contribution in [0.3, 0.4) is 0 Å². The molecular weight excluding hydrogens is 260 g/mol. The van der Waals surface area contributed by atoms with Crippen LogP contribution in [0.1, 0.15) is 17.0 Å². The Morgan fingerprint density at radius 3 is 2.55 bits per heavy atom. The molecule has 0 atom stereocenters. The van der Waals surface area contributed by atoms with Crippen LogP contribution in [0.2, 0.25) is 0 Å². The lowest BCUT2D eigenvalue weighted by atomic mass is 10.2. The minimum absolute atomic E-state index is 0.0318. The van der Waals surface area contributed by atoms with Crippen LogP contribution in [0.4, 0.5) is 5.69 Å². The molecule has 0 radical (unpaired) electrons. The lowest BCUT2D eigenvalue weighted by Crippen LogP contribution is -2.04. The van der Waals surface area contributed by atoms with Crippen molar-refractivity contribution in [2.24, 2.45) is 0 Å². The van der Waals surface area contributed by atoms with Gasteiger partial charge >= 0.3 is 0 Å². The molecule has 0 saturated heterocycles. The van der Waals surface area contributed by atoms with Crippen molar-refractivity contribution < 1.29 is 14.8 Å². The predicted octanol–water partition coefficient (Wildman–Crippen LogP) is 2.50. The molecule has 0 saturated carbocycles. The number of aromatic nitrogens is 1. The van der Waals surface area contributed by atoms with Crippen LogP contribution >= 0.6 is 0 Å². The van der Waals surface area contributed by atoms with Gasteiger partial charge in [-0.05, 0) is 37.6 Å². The molecule has 6 heteroatoms. The Bertz CT molecular complexity index is 661. The van der Waals surface area contributed by atoms with Gasteiger partial charge < -0.3 is 14.4 Å². The van der Waals surface area contributed by atoms with Crippen molar-refractivity contribution in [1.82, 2.24) is 4.57 Å². The first kappa shape index (κ1) is 14.1. The van der Waals surface area contributed by atoms with Gasteiger partial charge in [0.1, 0.15) is 11.4 Å². The maximum atomic E-state index is 11.2. The number of benzene rings is 1. The van der Waals surface area contributed by atoms with Crippen molar-refractivity contribution in [3.8, 4) is 11.4 Å². The highest BCUT2D eigenvalue weighted by Gasteiger charge is 2.20. The molecule has 0 bridgehead atoms. The molecule has 106 valence electrons. The van der Waals surface area contributed by atoms with Crippen molar-refractivity contribution in [3.05, 3.63) is 51.3 Å². The highest BCUT2D eigenvalue weighted by molar-refractivity contribution is 5.58. The summed E-state index contributed by atoms with van der Waals surface area (Å²) in [5, 5.41) is 20.5. The summed E-state index contributed by atoms with van der Waals surface area (Å²) in [5.41, 5.74) is 2.81. The van der Waals surface area contributed by atoms with E-state index in [1.165, 1.54) is 13.2 Å². The Kier molecular flexibility index (Phi) is 3.76. The number of nitro groups is 1. The number of hydrogen-bond donors (Lipinski definition) is 1. The summed E-state index contributed by atoms with van der Waals surface area (Å²) < 4.78 is 6.80. The Balaban J connectivity index is 2.69. The average Bonchev–Trinajstić information content (AvgIpc) is 2.72. The quantitative estimate of drug-likeness (QED) is 0.687. The fourth-order valence-electron chi connectivity index (χ4n) is 2.33. The molecule has 1 aromatic carbocycles. The monoisotopic (exact) mass is 276 g/mol. The van der Waals surface area contributed by atoms with E-state index in [9.17, 15) is 15.2 Å². The molecule has 0 fully saturated rings. The summed E-state index contributed by atoms with van der Waals surface area (Å²) in [6, 6.07) is 6.55. The SMILES string of the molecule is COc1ccc(-n2c(C)cc(CO)c2C)c([N+](=O)[O-])c1. The summed E-state index contributed by atoms with van der Waals surface area (Å²) in [4.78, 5) is 10.8. The number of ether oxygens (including phenoxy) is 1. The number of nitro benzene ring substituents is 1. The Labute approximate surface area is 116 Å². The molecule has 0 aliphatic heterocycles. The predicted molar refractivity (Wildman–Crippen MR) is 74.4 cm³/mol. The molecule has 1 aromatic heterocycles. The van der Waals surface area contributed by atoms with E-state index in [0.717, 1.165) is 17.0 Å². The number of methoxy groups -OCH3 is 1. The molecule has 1 N–H and O–H groups in total. The van der Waals surface area contributed by atoms with E-state index in [2.05, 4.69) is 0 Å². The zero-order valence-corrected chi connectivity index (χ0v) is 11.6. The van der Waals surface area contributed by atoms with E-state index in [4.69, 9.17) is 4.74 Å². The smallest absolute Gasteiger partial charge is 0.296 e. The molecule has 0 aliphatic rings. The first-order valence-corrected chi connectivity index (χ1v) is 6.11. The Morgan fingerprint density at radius 2 is 2.05 bits per heavy atom. The number of aryl methyl sites for hydroxylation is 1. The molecule has 20 heavy (non-hydrogen) atoms. The molecule has 6 nitrogen and oxygen atoms in total. The maximum Gasteiger partial charge on any atom is 0.296 e. The maximum absolute atomic E-state index is 11.2. The van der Waals surface area contributed by atoms with Gasteiger partial charge in [-0.2, -0.15) is 0 Å². The minimum Gasteiger partial charge on any atom is -0.496 e. The van der Waals surface area contributed by atoms with E-state index in [1.807, 2.05) is 19.9 Å². The first-order chi connectivity index (χ1) is 9.49. The highest BCUT2D eigenvalue weighted by atomic mass is 16.6. The summed E-state index contributed by atoms with van der Waals surface area (Å²) in [5.74, 6) is 0.435. The lowest BCUT2D eigenvalue weighted by molar-refractivity contribution is -0.384. The van der Waals surface area contributed by atoms with E-state index in [1.54, 1.807) is 16.7 Å². The molecule has 0 aliphatic carbocycles. The van der Waals surface area contributed by atoms with Gasteiger partial charge in [0, 0.05) is 11.4 Å². The summed E-state index contributed by atoms with van der Waals surface area (Å²) in [6.07, 6.45) is 0. The van der Waals surface area contributed by atoms with Crippen molar-refractivity contribution >= 4 is 5.69 Å². The zero-order chi connectivity index (χ0) is 14.9. The van der Waals surface area contributed by atoms with Gasteiger partial charge in [0.15, 0.2) is 0 Å². The molecule has 0 spiro atoms. The molecule has 1 heterocycles. The lowest BCUT2D eigenvalue weighted by Gasteiger charge is -2.11. The van der Waals surface area contributed by atoms with Gasteiger partial charge in [-0.1, -0.05) is 0 Å². The molecular formula is C14H16N2O4. The summed E-state index contributed by atoms with van der Waals surface area (Å²) in [6.45, 7) is 3.58. The third-order valence-corrected chi connectivity index (χ3v) is 3.33. The van der Waals surface area contributed by atoms with Crippen LogP contribution in [0.25, 0.3) is 5.69 Å². The molecule has 2 rings (SSSR count). The Morgan fingerprint density at radius 1 is 1.35 bits per heavy atom. The third-order valence-electron chi connectivity index (χ3n) is 3.33. The van der Waals surface area contributed by atoms with Crippen LogP contribution in [0, 0.1) is 24.0 Å². The van der Waals surface area contributed by atoms with Gasteiger partial charge in [-0.3, -0.25) is 10.1 Å². The van der Waals surface area contributed by atoms with Gasteiger partial charge in [-0.15, -0.1) is 0 Å². The third kappa shape index (κ3) is 2.25. The van der Waals surface area contributed by atoms with Gasteiger partial charge in [-0.25, -0.2) is 0 Å². The van der Waals surface area contributed by atoms with Crippen LogP contribution in [-0.4, -0.2) is 21.7 Å². The van der Waals surface area contributed by atoms with Crippen LogP contribution < -0.4 is 4.74 Å². The summed E-state index contributed by atoms with van der Waals surface area (Å²) >= 11 is 0. The second-order valence-corrected chi connectivity index (χ2v) is 4.50. The van der Waals surface area contributed by atoms with Crippen molar-refractivity contribution in [3.63, 3.8) is 0 Å². The fourth-order valence-corrected chi connectivity index (χ4v) is 2.33. The van der Waals surface area contributed by atoms with Gasteiger partial charge in [0.05, 0.1) is 24.7 Å². The molecule has 2 aromatic rings. The van der Waals surface area contributed by atoms with E-state index in [0.29, 0.717) is 11.4 Å². The van der Waals surface area contributed by atoms with Crippen LogP contribution in [-0.2, 0) is 6.61 Å². The number of aliphatic hydroxyl groups is 1.